The number of thioether (sulfide) groups is 1. The number of alkyl halides is 1. The summed E-state index contributed by atoms with van der Waals surface area (Å²) in [6, 6.07) is 5.98. The molecule has 1 aromatic carbocycles. The molecule has 12 heteroatoms. The van der Waals surface area contributed by atoms with Gasteiger partial charge in [-0.05, 0) is 31.9 Å². The van der Waals surface area contributed by atoms with Gasteiger partial charge in [0.1, 0.15) is 18.2 Å². The SMILES string of the molecule is C=CCCOC(=O)[C@H]1[C@H]2C(=O)N([C@H](C)CO)C(C(=O)N(CC=C)Cn3nnc4ccccc43)C23CC(Br)[C@@H]1S3. The molecular formula is C27H32BrN5O5S. The van der Waals surface area contributed by atoms with Crippen molar-refractivity contribution < 1.29 is 24.2 Å². The molecule has 2 aromatic rings. The molecule has 1 aromatic heterocycles. The van der Waals surface area contributed by atoms with Crippen molar-refractivity contribution in [3.05, 3.63) is 49.6 Å². The van der Waals surface area contributed by atoms with E-state index in [1.165, 1.54) is 16.7 Å². The van der Waals surface area contributed by atoms with Crippen molar-refractivity contribution in [2.45, 2.75) is 53.3 Å². The van der Waals surface area contributed by atoms with Gasteiger partial charge in [0.05, 0.1) is 41.4 Å². The number of carbonyl (C=O) groups excluding carboxylic acids is 3. The number of nitrogens with zero attached hydrogens (tertiary/aromatic N) is 5. The molecule has 3 aliphatic heterocycles. The monoisotopic (exact) mass is 617 g/mol. The Kier molecular flexibility index (Phi) is 7.89. The zero-order chi connectivity index (χ0) is 27.9. The van der Waals surface area contributed by atoms with Crippen LogP contribution in [-0.2, 0) is 25.8 Å². The number of likely N-dealkylation sites (tertiary alicyclic amines) is 1. The number of amides is 2. The number of hydrogen-bond acceptors (Lipinski definition) is 8. The molecule has 1 spiro atoms. The van der Waals surface area contributed by atoms with Gasteiger partial charge in [-0.25, -0.2) is 4.68 Å². The van der Waals surface area contributed by atoms with Gasteiger partial charge in [0.25, 0.3) is 0 Å². The lowest BCUT2D eigenvalue weighted by Crippen LogP contribution is -2.57. The molecule has 2 bridgehead atoms. The Bertz CT molecular complexity index is 1300. The molecule has 4 heterocycles. The third kappa shape index (κ3) is 4.50. The summed E-state index contributed by atoms with van der Waals surface area (Å²) >= 11 is 5.27. The van der Waals surface area contributed by atoms with Crippen molar-refractivity contribution in [3.63, 3.8) is 0 Å². The van der Waals surface area contributed by atoms with E-state index in [-0.39, 0.29) is 48.3 Å². The van der Waals surface area contributed by atoms with Gasteiger partial charge in [0.2, 0.25) is 11.8 Å². The van der Waals surface area contributed by atoms with Crippen LogP contribution in [0.25, 0.3) is 11.0 Å². The summed E-state index contributed by atoms with van der Waals surface area (Å²) in [5.74, 6) is -2.42. The lowest BCUT2D eigenvalue weighted by Gasteiger charge is -2.39. The second-order valence-corrected chi connectivity index (χ2v) is 13.0. The van der Waals surface area contributed by atoms with Gasteiger partial charge in [-0.2, -0.15) is 0 Å². The summed E-state index contributed by atoms with van der Waals surface area (Å²) in [5.41, 5.74) is 1.48. The number of aromatic nitrogens is 3. The highest BCUT2D eigenvalue weighted by Crippen LogP contribution is 2.68. The molecule has 0 aliphatic carbocycles. The minimum Gasteiger partial charge on any atom is -0.465 e. The van der Waals surface area contributed by atoms with Crippen molar-refractivity contribution in [2.24, 2.45) is 11.8 Å². The summed E-state index contributed by atoms with van der Waals surface area (Å²) in [6.07, 6.45) is 4.35. The third-order valence-electron chi connectivity index (χ3n) is 7.92. The van der Waals surface area contributed by atoms with Gasteiger partial charge in [-0.3, -0.25) is 14.4 Å². The van der Waals surface area contributed by atoms with E-state index >= 15 is 0 Å². The summed E-state index contributed by atoms with van der Waals surface area (Å²) in [6.45, 7) is 9.43. The number of aliphatic hydroxyl groups is 1. The van der Waals surface area contributed by atoms with Crippen LogP contribution < -0.4 is 0 Å². The van der Waals surface area contributed by atoms with E-state index in [1.807, 2.05) is 24.3 Å². The predicted octanol–water partition coefficient (Wildman–Crippen LogP) is 2.37. The van der Waals surface area contributed by atoms with Gasteiger partial charge in [0.15, 0.2) is 0 Å². The highest BCUT2D eigenvalue weighted by molar-refractivity contribution is 9.09. The minimum atomic E-state index is -0.882. The number of esters is 1. The summed E-state index contributed by atoms with van der Waals surface area (Å²) < 4.78 is 6.35. The molecule has 0 saturated carbocycles. The van der Waals surface area contributed by atoms with E-state index in [9.17, 15) is 19.5 Å². The zero-order valence-electron chi connectivity index (χ0n) is 21.7. The molecule has 3 aliphatic rings. The molecule has 10 nitrogen and oxygen atoms in total. The number of fused-ring (bicyclic) bond motifs is 2. The molecule has 7 atom stereocenters. The fourth-order valence-corrected chi connectivity index (χ4v) is 9.83. The Morgan fingerprint density at radius 2 is 2.13 bits per heavy atom. The van der Waals surface area contributed by atoms with Crippen LogP contribution in [0, 0.1) is 11.8 Å². The topological polar surface area (TPSA) is 118 Å². The van der Waals surface area contributed by atoms with Gasteiger partial charge in [0, 0.05) is 16.6 Å². The Morgan fingerprint density at radius 1 is 1.36 bits per heavy atom. The number of ether oxygens (including phenoxy) is 1. The van der Waals surface area contributed by atoms with E-state index < -0.39 is 34.6 Å². The first-order valence-electron chi connectivity index (χ1n) is 13.0. The first-order chi connectivity index (χ1) is 18.8. The van der Waals surface area contributed by atoms with Gasteiger partial charge in [-0.15, -0.1) is 30.0 Å². The first-order valence-corrected chi connectivity index (χ1v) is 14.8. The molecular weight excluding hydrogens is 586 g/mol. The number of hydrogen-bond donors (Lipinski definition) is 1. The van der Waals surface area contributed by atoms with E-state index in [4.69, 9.17) is 4.74 Å². The van der Waals surface area contributed by atoms with Crippen molar-refractivity contribution in [2.75, 3.05) is 19.8 Å². The van der Waals surface area contributed by atoms with Crippen LogP contribution in [0.1, 0.15) is 19.8 Å². The standard InChI is InChI=1S/C27H32BrN5O5S/c1-4-6-12-38-26(37)20-21-24(35)33(16(3)14-34)23(27(21)13-17(28)22(20)39-27)25(36)31(11-5-2)15-32-19-10-8-7-9-18(19)29-30-32/h4-5,7-10,16-17,20-23,34H,1-2,6,11-15H2,3H3/t16-,17?,20+,21+,22+,23?,27?/m1/s1. The van der Waals surface area contributed by atoms with Crippen LogP contribution in [-0.4, -0.2) is 94.4 Å². The molecule has 208 valence electrons. The lowest BCUT2D eigenvalue weighted by atomic mass is 9.71. The van der Waals surface area contributed by atoms with E-state index in [2.05, 4.69) is 39.4 Å². The second-order valence-electron chi connectivity index (χ2n) is 10.3. The smallest absolute Gasteiger partial charge is 0.310 e. The number of benzene rings is 1. The summed E-state index contributed by atoms with van der Waals surface area (Å²) in [7, 11) is 0. The average Bonchev–Trinajstić information content (AvgIpc) is 3.65. The maximum atomic E-state index is 14.5. The maximum absolute atomic E-state index is 14.5. The lowest BCUT2D eigenvalue weighted by molar-refractivity contribution is -0.154. The molecule has 2 amide bonds. The van der Waals surface area contributed by atoms with Gasteiger partial charge < -0.3 is 19.6 Å². The molecule has 3 unspecified atom stereocenters. The normalized spacial score (nSPS) is 29.9. The van der Waals surface area contributed by atoms with Crippen LogP contribution in [0.2, 0.25) is 0 Å². The van der Waals surface area contributed by atoms with Crippen LogP contribution in [0.15, 0.2) is 49.6 Å². The average molecular weight is 619 g/mol. The minimum absolute atomic E-state index is 0.0738. The molecule has 5 rings (SSSR count). The second kappa shape index (κ2) is 11.1. The summed E-state index contributed by atoms with van der Waals surface area (Å²) in [5, 5.41) is 18.3. The number of rotatable bonds is 11. The highest BCUT2D eigenvalue weighted by atomic mass is 79.9. The highest BCUT2D eigenvalue weighted by Gasteiger charge is 2.76. The Morgan fingerprint density at radius 3 is 2.85 bits per heavy atom. The number of aliphatic hydroxyl groups excluding tert-OH is 1. The largest absolute Gasteiger partial charge is 0.465 e. The van der Waals surface area contributed by atoms with Gasteiger partial charge >= 0.3 is 5.97 Å². The van der Waals surface area contributed by atoms with Crippen molar-refractivity contribution >= 4 is 56.5 Å². The van der Waals surface area contributed by atoms with E-state index in [1.54, 1.807) is 28.7 Å². The van der Waals surface area contributed by atoms with E-state index in [0.717, 1.165) is 5.52 Å². The Hall–Kier alpha value is -2.70. The first kappa shape index (κ1) is 27.9. The van der Waals surface area contributed by atoms with E-state index in [0.29, 0.717) is 18.4 Å². The third-order valence-corrected chi connectivity index (χ3v) is 11.1. The molecule has 1 N–H and O–H groups in total. The molecule has 3 saturated heterocycles. The fraction of sp³-hybridized carbons (Fsp3) is 0.519. The Balaban J connectivity index is 1.52. The van der Waals surface area contributed by atoms with Crippen LogP contribution in [0.4, 0.5) is 0 Å². The zero-order valence-corrected chi connectivity index (χ0v) is 24.1. The molecule has 39 heavy (non-hydrogen) atoms. The van der Waals surface area contributed by atoms with Crippen molar-refractivity contribution in [1.82, 2.24) is 24.8 Å². The van der Waals surface area contributed by atoms with Crippen molar-refractivity contribution in [3.8, 4) is 0 Å². The number of carbonyl (C=O) groups is 3. The summed E-state index contributed by atoms with van der Waals surface area (Å²) in [4.78, 5) is 44.9. The number of halogens is 1. The Labute approximate surface area is 239 Å². The molecule has 0 radical (unpaired) electrons. The van der Waals surface area contributed by atoms with Crippen LogP contribution >= 0.6 is 27.7 Å². The van der Waals surface area contributed by atoms with Crippen molar-refractivity contribution in [1.29, 1.82) is 0 Å². The van der Waals surface area contributed by atoms with Crippen LogP contribution in [0.5, 0.6) is 0 Å². The maximum Gasteiger partial charge on any atom is 0.310 e. The number of para-hydroxylation sites is 1. The fourth-order valence-electron chi connectivity index (χ4n) is 6.25. The van der Waals surface area contributed by atoms with Gasteiger partial charge in [-0.1, -0.05) is 45.4 Å². The predicted molar refractivity (Wildman–Crippen MR) is 151 cm³/mol. The van der Waals surface area contributed by atoms with Crippen LogP contribution in [0.3, 0.4) is 0 Å². The quantitative estimate of drug-likeness (QED) is 0.177. The molecule has 3 fully saturated rings.